The predicted molar refractivity (Wildman–Crippen MR) is 135 cm³/mol. The summed E-state index contributed by atoms with van der Waals surface area (Å²) < 4.78 is 11.2. The fourth-order valence-corrected chi connectivity index (χ4v) is 4.60. The quantitative estimate of drug-likeness (QED) is 0.422. The second-order valence-electron chi connectivity index (χ2n) is 8.95. The Morgan fingerprint density at radius 1 is 0.972 bits per heavy atom. The summed E-state index contributed by atoms with van der Waals surface area (Å²) in [6.45, 7) is 1.16. The highest BCUT2D eigenvalue weighted by Gasteiger charge is 2.39. The van der Waals surface area contributed by atoms with Gasteiger partial charge in [0.15, 0.2) is 0 Å². The minimum Gasteiger partial charge on any atom is -0.489 e. The molecule has 2 amide bonds. The zero-order chi connectivity index (χ0) is 24.7. The number of hydrogen-bond donors (Lipinski definition) is 0. The lowest BCUT2D eigenvalue weighted by molar-refractivity contribution is -0.129. The van der Waals surface area contributed by atoms with Crippen LogP contribution in [0, 0.1) is 0 Å². The number of cyclic esters (lactones) is 1. The zero-order valence-electron chi connectivity index (χ0n) is 19.9. The van der Waals surface area contributed by atoms with Crippen molar-refractivity contribution in [3.05, 3.63) is 102 Å². The number of benzene rings is 3. The zero-order valence-corrected chi connectivity index (χ0v) is 19.9. The number of rotatable bonds is 9. The average molecular weight is 485 g/mol. The van der Waals surface area contributed by atoms with Crippen LogP contribution in [0.15, 0.2) is 90.1 Å². The molecule has 0 radical (unpaired) electrons. The van der Waals surface area contributed by atoms with E-state index in [1.54, 1.807) is 0 Å². The summed E-state index contributed by atoms with van der Waals surface area (Å²) in [5.41, 5.74) is 3.86. The molecule has 0 aromatic heterocycles. The van der Waals surface area contributed by atoms with Crippen molar-refractivity contribution in [2.45, 2.75) is 37.8 Å². The molecule has 2 unspecified atom stereocenters. The van der Waals surface area contributed by atoms with Gasteiger partial charge in [-0.05, 0) is 35.2 Å². The Morgan fingerprint density at radius 3 is 2.33 bits per heavy atom. The van der Waals surface area contributed by atoms with Crippen molar-refractivity contribution in [2.24, 2.45) is 5.16 Å². The van der Waals surface area contributed by atoms with Gasteiger partial charge in [-0.3, -0.25) is 4.79 Å². The third-order valence-corrected chi connectivity index (χ3v) is 6.49. The summed E-state index contributed by atoms with van der Waals surface area (Å²) >= 11 is 0. The molecule has 2 atom stereocenters. The largest absolute Gasteiger partial charge is 0.489 e. The van der Waals surface area contributed by atoms with Crippen LogP contribution in [0.2, 0.25) is 0 Å². The number of imide groups is 1. The molecule has 0 spiro atoms. The highest BCUT2D eigenvalue weighted by atomic mass is 16.6. The molecule has 1 saturated heterocycles. The van der Waals surface area contributed by atoms with E-state index < -0.39 is 6.09 Å². The summed E-state index contributed by atoms with van der Waals surface area (Å²) in [5.74, 6) is 0.166. The first-order valence-electron chi connectivity index (χ1n) is 12.2. The second-order valence-corrected chi connectivity index (χ2v) is 8.95. The molecule has 3 aromatic rings. The van der Waals surface area contributed by atoms with Crippen LogP contribution in [-0.2, 0) is 27.4 Å². The predicted octanol–water partition coefficient (Wildman–Crippen LogP) is 5.11. The van der Waals surface area contributed by atoms with E-state index in [0.29, 0.717) is 26.1 Å². The number of amides is 2. The molecular formula is C29H28N2O5. The van der Waals surface area contributed by atoms with Gasteiger partial charge in [-0.25, -0.2) is 9.69 Å². The van der Waals surface area contributed by atoms with Crippen LogP contribution >= 0.6 is 0 Å². The van der Waals surface area contributed by atoms with E-state index in [0.717, 1.165) is 28.2 Å². The molecule has 5 rings (SSSR count). The lowest BCUT2D eigenvalue weighted by Gasteiger charge is -2.23. The first-order valence-corrected chi connectivity index (χ1v) is 12.2. The van der Waals surface area contributed by atoms with Crippen molar-refractivity contribution in [1.29, 1.82) is 0 Å². The van der Waals surface area contributed by atoms with Crippen molar-refractivity contribution >= 4 is 17.7 Å². The van der Waals surface area contributed by atoms with E-state index in [1.807, 2.05) is 84.9 Å². The summed E-state index contributed by atoms with van der Waals surface area (Å²) in [6.07, 6.45) is 0.712. The van der Waals surface area contributed by atoms with Crippen molar-refractivity contribution in [2.75, 3.05) is 13.2 Å². The van der Waals surface area contributed by atoms with Crippen molar-refractivity contribution in [1.82, 2.24) is 4.90 Å². The lowest BCUT2D eigenvalue weighted by Crippen LogP contribution is -2.41. The molecule has 1 fully saturated rings. The first-order chi connectivity index (χ1) is 17.7. The van der Waals surface area contributed by atoms with E-state index >= 15 is 0 Å². The summed E-state index contributed by atoms with van der Waals surface area (Å²) in [5, 5.41) is 4.19. The van der Waals surface area contributed by atoms with Gasteiger partial charge in [-0.2, -0.15) is 0 Å². The van der Waals surface area contributed by atoms with Crippen LogP contribution in [0.25, 0.3) is 0 Å². The maximum atomic E-state index is 13.4. The Hall–Kier alpha value is -4.13. The van der Waals surface area contributed by atoms with Crippen LogP contribution in [0.3, 0.4) is 0 Å². The molecule has 2 aliphatic rings. The molecule has 0 bridgehead atoms. The van der Waals surface area contributed by atoms with Gasteiger partial charge in [0, 0.05) is 18.8 Å². The Labute approximate surface area is 210 Å². The molecule has 0 saturated carbocycles. The highest BCUT2D eigenvalue weighted by Crippen LogP contribution is 2.30. The van der Waals surface area contributed by atoms with Crippen LogP contribution in [-0.4, -0.2) is 41.9 Å². The van der Waals surface area contributed by atoms with E-state index in [2.05, 4.69) is 5.16 Å². The third-order valence-electron chi connectivity index (χ3n) is 6.49. The van der Waals surface area contributed by atoms with Crippen LogP contribution < -0.4 is 4.74 Å². The van der Waals surface area contributed by atoms with Crippen LogP contribution in [0.4, 0.5) is 4.79 Å². The Balaban J connectivity index is 1.29. The number of hydrogen-bond acceptors (Lipinski definition) is 6. The van der Waals surface area contributed by atoms with Crippen LogP contribution in [0.1, 0.15) is 35.4 Å². The average Bonchev–Trinajstić information content (AvgIpc) is 3.58. The Bertz CT molecular complexity index is 1210. The van der Waals surface area contributed by atoms with Gasteiger partial charge in [0.25, 0.3) is 0 Å². The summed E-state index contributed by atoms with van der Waals surface area (Å²) in [7, 11) is 0. The lowest BCUT2D eigenvalue weighted by atomic mass is 9.89. The SMILES string of the molecule is O=C(CC(C1=NOCC1)c1ccc(OCc2ccccc2)cc1)N1C(=O)OCC1Cc1ccccc1. The fourth-order valence-electron chi connectivity index (χ4n) is 4.60. The molecular weight excluding hydrogens is 456 g/mol. The minimum absolute atomic E-state index is 0.104. The normalized spacial score (nSPS) is 17.8. The van der Waals surface area contributed by atoms with Gasteiger partial charge in [0.05, 0.1) is 11.8 Å². The molecule has 36 heavy (non-hydrogen) atoms. The topological polar surface area (TPSA) is 77.4 Å². The molecule has 3 aromatic carbocycles. The van der Waals surface area contributed by atoms with E-state index in [1.165, 1.54) is 4.90 Å². The van der Waals surface area contributed by atoms with Gasteiger partial charge in [-0.1, -0.05) is 78.0 Å². The van der Waals surface area contributed by atoms with Crippen LogP contribution in [0.5, 0.6) is 5.75 Å². The number of carbonyl (C=O) groups excluding carboxylic acids is 2. The Morgan fingerprint density at radius 2 is 1.67 bits per heavy atom. The maximum Gasteiger partial charge on any atom is 0.416 e. The standard InChI is InChI=1S/C29H28N2O5/c32-28(31-24(20-35-29(31)33)17-21-7-3-1-4-8-21)18-26(27-15-16-36-30-27)23-11-13-25(14-12-23)34-19-22-9-5-2-6-10-22/h1-14,24,26H,15-20H2. The Kier molecular flexibility index (Phi) is 7.26. The monoisotopic (exact) mass is 484 g/mol. The number of carbonyl (C=O) groups is 2. The summed E-state index contributed by atoms with van der Waals surface area (Å²) in [6, 6.07) is 27.1. The van der Waals surface area contributed by atoms with Gasteiger partial charge >= 0.3 is 6.09 Å². The molecule has 2 aliphatic heterocycles. The van der Waals surface area contributed by atoms with Gasteiger partial charge in [-0.15, -0.1) is 0 Å². The van der Waals surface area contributed by atoms with Gasteiger partial charge in [0.2, 0.25) is 5.91 Å². The minimum atomic E-state index is -0.589. The maximum absolute atomic E-state index is 13.4. The van der Waals surface area contributed by atoms with Gasteiger partial charge < -0.3 is 14.3 Å². The van der Waals surface area contributed by atoms with Crippen molar-refractivity contribution in [3.8, 4) is 5.75 Å². The number of ether oxygens (including phenoxy) is 2. The molecule has 7 heteroatoms. The van der Waals surface area contributed by atoms with Crippen molar-refractivity contribution < 1.29 is 23.9 Å². The second kappa shape index (κ2) is 11.1. The smallest absolute Gasteiger partial charge is 0.416 e. The number of oxime groups is 1. The molecule has 7 nitrogen and oxygen atoms in total. The van der Waals surface area contributed by atoms with E-state index in [4.69, 9.17) is 14.3 Å². The van der Waals surface area contributed by atoms with E-state index in [-0.39, 0.29) is 30.9 Å². The fraction of sp³-hybridized carbons (Fsp3) is 0.276. The van der Waals surface area contributed by atoms with Gasteiger partial charge in [0.1, 0.15) is 25.6 Å². The van der Waals surface area contributed by atoms with E-state index in [9.17, 15) is 9.59 Å². The first kappa shape index (κ1) is 23.6. The van der Waals surface area contributed by atoms with Crippen molar-refractivity contribution in [3.63, 3.8) is 0 Å². The molecule has 184 valence electrons. The highest BCUT2D eigenvalue weighted by molar-refractivity contribution is 5.99. The molecule has 0 aliphatic carbocycles. The third kappa shape index (κ3) is 5.57. The molecule has 2 heterocycles. The molecule has 0 N–H and O–H groups in total. The summed E-state index contributed by atoms with van der Waals surface area (Å²) in [4.78, 5) is 32.4. The number of nitrogens with zero attached hydrogens (tertiary/aromatic N) is 2.